The number of hydrogen-bond donors (Lipinski definition) is 4. The van der Waals surface area contributed by atoms with Gasteiger partial charge in [0.25, 0.3) is 11.8 Å². The smallest absolute Gasteiger partial charge is 0.254 e. The summed E-state index contributed by atoms with van der Waals surface area (Å²) in [6, 6.07) is 6.04. The third-order valence-corrected chi connectivity index (χ3v) is 4.17. The molecule has 0 aliphatic heterocycles. The van der Waals surface area contributed by atoms with Crippen LogP contribution in [-0.2, 0) is 6.42 Å². The number of hydrogen-bond acceptors (Lipinski definition) is 4. The zero-order valence-corrected chi connectivity index (χ0v) is 15.0. The van der Waals surface area contributed by atoms with E-state index in [2.05, 4.69) is 10.6 Å². The molecular weight excluding hydrogens is 367 g/mol. The Kier molecular flexibility index (Phi) is 5.77. The first kappa shape index (κ1) is 18.9. The number of amides is 2. The van der Waals surface area contributed by atoms with E-state index >= 15 is 0 Å². The van der Waals surface area contributed by atoms with Gasteiger partial charge in [-0.25, -0.2) is 0 Å². The van der Waals surface area contributed by atoms with Gasteiger partial charge in [0.05, 0.1) is 21.2 Å². The van der Waals surface area contributed by atoms with Gasteiger partial charge in [-0.1, -0.05) is 23.2 Å². The van der Waals surface area contributed by atoms with Gasteiger partial charge in [0.1, 0.15) is 11.5 Å². The van der Waals surface area contributed by atoms with Crippen molar-refractivity contribution < 1.29 is 19.8 Å². The second-order valence-electron chi connectivity index (χ2n) is 5.28. The van der Waals surface area contributed by atoms with Gasteiger partial charge in [0.2, 0.25) is 0 Å². The fourth-order valence-electron chi connectivity index (χ4n) is 2.37. The van der Waals surface area contributed by atoms with Gasteiger partial charge in [-0.05, 0) is 41.8 Å². The highest BCUT2D eigenvalue weighted by molar-refractivity contribution is 6.33. The molecule has 0 unspecified atom stereocenters. The highest BCUT2D eigenvalue weighted by Crippen LogP contribution is 2.33. The minimum absolute atomic E-state index is 0.0347. The molecule has 0 radical (unpaired) electrons. The lowest BCUT2D eigenvalue weighted by Crippen LogP contribution is -2.18. The van der Waals surface area contributed by atoms with Crippen molar-refractivity contribution in [2.24, 2.45) is 0 Å². The summed E-state index contributed by atoms with van der Waals surface area (Å²) >= 11 is 12.0. The van der Waals surface area contributed by atoms with Crippen LogP contribution < -0.4 is 10.6 Å². The molecule has 6 nitrogen and oxygen atoms in total. The average Bonchev–Trinajstić information content (AvgIpc) is 2.59. The molecular formula is C17H16Cl2N2O4. The normalized spacial score (nSPS) is 10.4. The van der Waals surface area contributed by atoms with Crippen molar-refractivity contribution in [3.63, 3.8) is 0 Å². The van der Waals surface area contributed by atoms with Crippen LogP contribution in [0.1, 0.15) is 31.8 Å². The number of halogens is 2. The van der Waals surface area contributed by atoms with Crippen LogP contribution in [0.25, 0.3) is 0 Å². The summed E-state index contributed by atoms with van der Waals surface area (Å²) in [5.41, 5.74) is 1.35. The Morgan fingerprint density at radius 3 is 1.52 bits per heavy atom. The van der Waals surface area contributed by atoms with Crippen LogP contribution in [0.4, 0.5) is 0 Å². The van der Waals surface area contributed by atoms with E-state index in [1.807, 2.05) is 0 Å². The van der Waals surface area contributed by atoms with E-state index in [0.29, 0.717) is 11.1 Å². The first-order chi connectivity index (χ1) is 11.8. The highest BCUT2D eigenvalue weighted by atomic mass is 35.5. The van der Waals surface area contributed by atoms with Crippen LogP contribution in [0.3, 0.4) is 0 Å². The number of aromatic hydroxyl groups is 2. The molecule has 2 rings (SSSR count). The van der Waals surface area contributed by atoms with Gasteiger partial charge in [-0.2, -0.15) is 0 Å². The maximum Gasteiger partial charge on any atom is 0.254 e. The fraction of sp³-hybridized carbons (Fsp3) is 0.176. The van der Waals surface area contributed by atoms with Crippen LogP contribution in [0.2, 0.25) is 10.0 Å². The number of phenols is 2. The van der Waals surface area contributed by atoms with E-state index in [9.17, 15) is 19.8 Å². The zero-order valence-electron chi connectivity index (χ0n) is 13.5. The molecule has 2 amide bonds. The van der Waals surface area contributed by atoms with Gasteiger partial charge in [0, 0.05) is 14.1 Å². The third-order valence-electron chi connectivity index (χ3n) is 3.60. The van der Waals surface area contributed by atoms with E-state index in [-0.39, 0.29) is 39.1 Å². The second kappa shape index (κ2) is 7.63. The monoisotopic (exact) mass is 382 g/mol. The van der Waals surface area contributed by atoms with Crippen molar-refractivity contribution in [3.05, 3.63) is 56.6 Å². The minimum atomic E-state index is -0.476. The van der Waals surface area contributed by atoms with Gasteiger partial charge < -0.3 is 20.8 Å². The fourth-order valence-corrected chi connectivity index (χ4v) is 2.85. The van der Waals surface area contributed by atoms with Crippen LogP contribution in [0.5, 0.6) is 11.5 Å². The molecule has 2 aromatic rings. The van der Waals surface area contributed by atoms with E-state index < -0.39 is 11.8 Å². The lowest BCUT2D eigenvalue weighted by molar-refractivity contribution is 0.0952. The van der Waals surface area contributed by atoms with Crippen molar-refractivity contribution in [1.82, 2.24) is 10.6 Å². The lowest BCUT2D eigenvalue weighted by Gasteiger charge is -2.11. The number of carbonyl (C=O) groups is 2. The first-order valence-corrected chi connectivity index (χ1v) is 8.01. The van der Waals surface area contributed by atoms with Crippen molar-refractivity contribution in [2.75, 3.05) is 14.1 Å². The lowest BCUT2D eigenvalue weighted by atomic mass is 9.99. The van der Waals surface area contributed by atoms with E-state index in [1.54, 1.807) is 0 Å². The van der Waals surface area contributed by atoms with E-state index in [0.717, 1.165) is 0 Å². The molecule has 0 aliphatic rings. The highest BCUT2D eigenvalue weighted by Gasteiger charge is 2.17. The summed E-state index contributed by atoms with van der Waals surface area (Å²) in [7, 11) is 2.88. The van der Waals surface area contributed by atoms with Crippen molar-refractivity contribution in [3.8, 4) is 11.5 Å². The number of benzene rings is 2. The summed E-state index contributed by atoms with van der Waals surface area (Å²) in [6.07, 6.45) is 0.286. The Labute approximate surface area is 154 Å². The minimum Gasteiger partial charge on any atom is -0.506 e. The largest absolute Gasteiger partial charge is 0.506 e. The SMILES string of the molecule is CNC(=O)c1cc(Cc2cc(Cl)c(O)c(C(=O)NC)c2)cc(Cl)c1O. The molecule has 0 spiro atoms. The van der Waals surface area contributed by atoms with Gasteiger partial charge in [-0.15, -0.1) is 0 Å². The summed E-state index contributed by atoms with van der Waals surface area (Å²) < 4.78 is 0. The molecule has 0 heterocycles. The van der Waals surface area contributed by atoms with Crippen LogP contribution >= 0.6 is 23.2 Å². The Hall–Kier alpha value is -2.44. The predicted octanol–water partition coefficient (Wildman–Crippen LogP) is 2.71. The molecule has 0 atom stereocenters. The third kappa shape index (κ3) is 3.97. The van der Waals surface area contributed by atoms with Crippen LogP contribution in [0.15, 0.2) is 24.3 Å². The van der Waals surface area contributed by atoms with Crippen LogP contribution in [-0.4, -0.2) is 36.1 Å². The van der Waals surface area contributed by atoms with Crippen molar-refractivity contribution >= 4 is 35.0 Å². The average molecular weight is 383 g/mol. The molecule has 4 N–H and O–H groups in total. The summed E-state index contributed by atoms with van der Waals surface area (Å²) in [5, 5.41) is 24.8. The number of phenolic OH excluding ortho intramolecular Hbond substituents is 2. The molecule has 132 valence electrons. The molecule has 0 aliphatic carbocycles. The molecule has 8 heteroatoms. The summed E-state index contributed by atoms with van der Waals surface area (Å²) in [6.45, 7) is 0. The second-order valence-corrected chi connectivity index (χ2v) is 6.10. The Morgan fingerprint density at radius 1 is 0.840 bits per heavy atom. The maximum absolute atomic E-state index is 11.8. The Morgan fingerprint density at radius 2 is 1.20 bits per heavy atom. The van der Waals surface area contributed by atoms with Gasteiger partial charge >= 0.3 is 0 Å². The Bertz CT molecular complexity index is 784. The van der Waals surface area contributed by atoms with Crippen LogP contribution in [0, 0.1) is 0 Å². The number of carbonyl (C=O) groups excluding carboxylic acids is 2. The van der Waals surface area contributed by atoms with Gasteiger partial charge in [0.15, 0.2) is 0 Å². The topological polar surface area (TPSA) is 98.7 Å². The molecule has 0 fully saturated rings. The molecule has 0 aromatic heterocycles. The molecule has 25 heavy (non-hydrogen) atoms. The van der Waals surface area contributed by atoms with Crippen molar-refractivity contribution in [1.29, 1.82) is 0 Å². The first-order valence-electron chi connectivity index (χ1n) is 7.25. The van der Waals surface area contributed by atoms with E-state index in [4.69, 9.17) is 23.2 Å². The summed E-state index contributed by atoms with van der Waals surface area (Å²) in [4.78, 5) is 23.7. The zero-order chi connectivity index (χ0) is 18.7. The van der Waals surface area contributed by atoms with E-state index in [1.165, 1.54) is 38.4 Å². The molecule has 0 saturated carbocycles. The number of nitrogens with one attached hydrogen (secondary N) is 2. The molecule has 0 saturated heterocycles. The number of rotatable bonds is 4. The molecule has 0 bridgehead atoms. The maximum atomic E-state index is 11.8. The standard InChI is InChI=1S/C17H16Cl2N2O4/c1-20-16(24)10-4-8(6-12(18)14(10)22)3-9-5-11(17(25)21-2)15(23)13(19)7-9/h4-7,22-23H,3H2,1-2H3,(H,20,24)(H,21,25). The summed E-state index contributed by atoms with van der Waals surface area (Å²) in [5.74, 6) is -1.56. The van der Waals surface area contributed by atoms with Gasteiger partial charge in [-0.3, -0.25) is 9.59 Å². The van der Waals surface area contributed by atoms with Crippen molar-refractivity contribution in [2.45, 2.75) is 6.42 Å². The molecule has 2 aromatic carbocycles. The Balaban J connectivity index is 2.47. The predicted molar refractivity (Wildman–Crippen MR) is 95.8 cm³/mol. The quantitative estimate of drug-likeness (QED) is 0.653.